The van der Waals surface area contributed by atoms with Crippen LogP contribution in [0.5, 0.6) is 0 Å². The SMILES string of the molecule is CC1(C(NN)c2cccnc2N)CCCCO1. The number of hydrazine groups is 1. The van der Waals surface area contributed by atoms with Crippen molar-refractivity contribution in [1.82, 2.24) is 10.4 Å². The summed E-state index contributed by atoms with van der Waals surface area (Å²) in [6, 6.07) is 3.68. The molecule has 0 amide bonds. The number of nitrogens with one attached hydrogen (secondary N) is 1. The number of nitrogens with zero attached hydrogens (tertiary/aromatic N) is 1. The highest BCUT2D eigenvalue weighted by atomic mass is 16.5. The molecule has 2 heterocycles. The van der Waals surface area contributed by atoms with Crippen LogP contribution in [0.1, 0.15) is 37.8 Å². The van der Waals surface area contributed by atoms with Crippen molar-refractivity contribution in [2.45, 2.75) is 37.8 Å². The number of nitrogen functional groups attached to an aromatic ring is 1. The molecular weight excluding hydrogens is 216 g/mol. The third-order valence-electron chi connectivity index (χ3n) is 3.46. The van der Waals surface area contributed by atoms with E-state index in [0.717, 1.165) is 31.4 Å². The van der Waals surface area contributed by atoms with Gasteiger partial charge in [0.1, 0.15) is 5.82 Å². The Morgan fingerprint density at radius 3 is 2.94 bits per heavy atom. The molecule has 2 unspecified atom stereocenters. The molecule has 5 heteroatoms. The quantitative estimate of drug-likeness (QED) is 0.541. The van der Waals surface area contributed by atoms with Crippen LogP contribution >= 0.6 is 0 Å². The summed E-state index contributed by atoms with van der Waals surface area (Å²) in [5.74, 6) is 6.18. The zero-order valence-electron chi connectivity index (χ0n) is 10.1. The molecule has 1 aromatic heterocycles. The number of nitrogens with two attached hydrogens (primary N) is 2. The first-order valence-corrected chi connectivity index (χ1v) is 5.98. The molecule has 94 valence electrons. The number of pyridine rings is 1. The van der Waals surface area contributed by atoms with Gasteiger partial charge >= 0.3 is 0 Å². The van der Waals surface area contributed by atoms with E-state index < -0.39 is 0 Å². The number of anilines is 1. The Morgan fingerprint density at radius 2 is 2.35 bits per heavy atom. The zero-order valence-corrected chi connectivity index (χ0v) is 10.1. The Labute approximate surface area is 102 Å². The highest BCUT2D eigenvalue weighted by molar-refractivity contribution is 5.42. The molecule has 1 aromatic rings. The molecule has 2 atom stereocenters. The van der Waals surface area contributed by atoms with Crippen molar-refractivity contribution in [1.29, 1.82) is 0 Å². The van der Waals surface area contributed by atoms with Gasteiger partial charge in [-0.2, -0.15) is 0 Å². The van der Waals surface area contributed by atoms with E-state index in [4.69, 9.17) is 16.3 Å². The molecule has 1 fully saturated rings. The number of aromatic nitrogens is 1. The summed E-state index contributed by atoms with van der Waals surface area (Å²) < 4.78 is 5.90. The molecule has 5 nitrogen and oxygen atoms in total. The van der Waals surface area contributed by atoms with Gasteiger partial charge in [0.15, 0.2) is 0 Å². The Bertz CT molecular complexity index is 377. The van der Waals surface area contributed by atoms with Gasteiger partial charge in [-0.1, -0.05) is 6.07 Å². The Hall–Kier alpha value is -1.17. The van der Waals surface area contributed by atoms with E-state index in [0.29, 0.717) is 5.82 Å². The Morgan fingerprint density at radius 1 is 1.53 bits per heavy atom. The number of hydrogen-bond donors (Lipinski definition) is 3. The number of ether oxygens (including phenoxy) is 1. The topological polar surface area (TPSA) is 86.2 Å². The van der Waals surface area contributed by atoms with Crippen molar-refractivity contribution in [2.24, 2.45) is 5.84 Å². The second-order valence-electron chi connectivity index (χ2n) is 4.70. The molecule has 0 aliphatic carbocycles. The summed E-state index contributed by atoms with van der Waals surface area (Å²) in [5.41, 5.74) is 9.31. The van der Waals surface area contributed by atoms with Crippen LogP contribution in [0.2, 0.25) is 0 Å². The van der Waals surface area contributed by atoms with Gasteiger partial charge in [-0.15, -0.1) is 0 Å². The molecule has 17 heavy (non-hydrogen) atoms. The fourth-order valence-corrected chi connectivity index (χ4v) is 2.45. The van der Waals surface area contributed by atoms with Gasteiger partial charge in [0.05, 0.1) is 11.6 Å². The Balaban J connectivity index is 2.29. The van der Waals surface area contributed by atoms with Crippen molar-refractivity contribution in [3.63, 3.8) is 0 Å². The zero-order chi connectivity index (χ0) is 12.3. The van der Waals surface area contributed by atoms with Gasteiger partial charge in [-0.3, -0.25) is 5.84 Å². The molecule has 1 saturated heterocycles. The summed E-state index contributed by atoms with van der Waals surface area (Å²) >= 11 is 0. The van der Waals surface area contributed by atoms with Gasteiger partial charge in [-0.05, 0) is 32.3 Å². The minimum Gasteiger partial charge on any atom is -0.383 e. The largest absolute Gasteiger partial charge is 0.383 e. The number of hydrogen-bond acceptors (Lipinski definition) is 5. The van der Waals surface area contributed by atoms with Crippen molar-refractivity contribution in [2.75, 3.05) is 12.3 Å². The van der Waals surface area contributed by atoms with Crippen LogP contribution in [0.4, 0.5) is 5.82 Å². The fraction of sp³-hybridized carbons (Fsp3) is 0.583. The lowest BCUT2D eigenvalue weighted by Crippen LogP contribution is -2.48. The molecule has 2 rings (SSSR count). The van der Waals surface area contributed by atoms with Crippen molar-refractivity contribution >= 4 is 5.82 Å². The van der Waals surface area contributed by atoms with Crippen LogP contribution in [0, 0.1) is 0 Å². The lowest BCUT2D eigenvalue weighted by molar-refractivity contribution is -0.0898. The molecule has 0 aromatic carbocycles. The van der Waals surface area contributed by atoms with E-state index in [1.807, 2.05) is 12.1 Å². The van der Waals surface area contributed by atoms with E-state index in [1.54, 1.807) is 6.20 Å². The molecule has 5 N–H and O–H groups in total. The van der Waals surface area contributed by atoms with Crippen LogP contribution in [0.25, 0.3) is 0 Å². The minimum absolute atomic E-state index is 0.128. The monoisotopic (exact) mass is 236 g/mol. The minimum atomic E-state index is -0.315. The van der Waals surface area contributed by atoms with Crippen LogP contribution in [0.15, 0.2) is 18.3 Å². The van der Waals surface area contributed by atoms with E-state index >= 15 is 0 Å². The van der Waals surface area contributed by atoms with Crippen LogP contribution in [0.3, 0.4) is 0 Å². The molecule has 1 aliphatic heterocycles. The lowest BCUT2D eigenvalue weighted by atomic mass is 9.84. The van der Waals surface area contributed by atoms with Gasteiger partial charge in [0, 0.05) is 18.4 Å². The molecule has 0 spiro atoms. The summed E-state index contributed by atoms with van der Waals surface area (Å²) in [6.45, 7) is 2.85. The number of rotatable bonds is 3. The third kappa shape index (κ3) is 2.41. The van der Waals surface area contributed by atoms with Crippen LogP contribution in [-0.4, -0.2) is 17.2 Å². The fourth-order valence-electron chi connectivity index (χ4n) is 2.45. The molecular formula is C12H20N4O. The molecule has 1 aliphatic rings. The summed E-state index contributed by atoms with van der Waals surface area (Å²) in [6.07, 6.45) is 4.90. The average molecular weight is 236 g/mol. The summed E-state index contributed by atoms with van der Waals surface area (Å²) in [7, 11) is 0. The van der Waals surface area contributed by atoms with Crippen LogP contribution in [-0.2, 0) is 4.74 Å². The van der Waals surface area contributed by atoms with Gasteiger partial charge in [0.25, 0.3) is 0 Å². The van der Waals surface area contributed by atoms with Crippen molar-refractivity contribution in [3.05, 3.63) is 23.9 Å². The average Bonchev–Trinajstić information content (AvgIpc) is 2.33. The van der Waals surface area contributed by atoms with Gasteiger partial charge in [0.2, 0.25) is 0 Å². The predicted octanol–water partition coefficient (Wildman–Crippen LogP) is 1.13. The smallest absolute Gasteiger partial charge is 0.128 e. The molecule has 0 radical (unpaired) electrons. The first-order valence-electron chi connectivity index (χ1n) is 5.98. The Kier molecular flexibility index (Phi) is 3.61. The van der Waals surface area contributed by atoms with E-state index in [2.05, 4.69) is 17.3 Å². The maximum Gasteiger partial charge on any atom is 0.128 e. The van der Waals surface area contributed by atoms with Crippen molar-refractivity contribution < 1.29 is 4.74 Å². The maximum atomic E-state index is 5.90. The van der Waals surface area contributed by atoms with Gasteiger partial charge < -0.3 is 10.5 Å². The summed E-state index contributed by atoms with van der Waals surface area (Å²) in [4.78, 5) is 4.10. The van der Waals surface area contributed by atoms with Crippen molar-refractivity contribution in [3.8, 4) is 0 Å². The predicted molar refractivity (Wildman–Crippen MR) is 66.9 cm³/mol. The standard InChI is InChI=1S/C12H20N4O/c1-12(6-2-3-8-17-12)10(16-14)9-5-4-7-15-11(9)13/h4-5,7,10,16H,2-3,6,8,14H2,1H3,(H2,13,15). The first kappa shape index (κ1) is 12.3. The first-order chi connectivity index (χ1) is 8.17. The third-order valence-corrected chi connectivity index (χ3v) is 3.46. The normalized spacial score (nSPS) is 26.7. The molecule has 0 bridgehead atoms. The highest BCUT2D eigenvalue weighted by Crippen LogP contribution is 2.37. The maximum absolute atomic E-state index is 5.90. The second-order valence-corrected chi connectivity index (χ2v) is 4.70. The van der Waals surface area contributed by atoms with Crippen LogP contribution < -0.4 is 17.0 Å². The van der Waals surface area contributed by atoms with E-state index in [-0.39, 0.29) is 11.6 Å². The summed E-state index contributed by atoms with van der Waals surface area (Å²) in [5, 5.41) is 0. The van der Waals surface area contributed by atoms with E-state index in [9.17, 15) is 0 Å². The molecule has 0 saturated carbocycles. The van der Waals surface area contributed by atoms with E-state index in [1.165, 1.54) is 0 Å². The highest BCUT2D eigenvalue weighted by Gasteiger charge is 2.38. The lowest BCUT2D eigenvalue weighted by Gasteiger charge is -2.40. The second kappa shape index (κ2) is 5.00. The van der Waals surface area contributed by atoms with Gasteiger partial charge in [-0.25, -0.2) is 10.4 Å².